The molecule has 0 aliphatic rings. The third kappa shape index (κ3) is 10.3. The first kappa shape index (κ1) is 36.5. The number of halogens is 4. The first-order valence-corrected chi connectivity index (χ1v) is 14.5. The van der Waals surface area contributed by atoms with Gasteiger partial charge in [-0.05, 0) is 74.5 Å². The molecule has 4 aromatic rings. The number of hydrogen-bond acceptors (Lipinski definition) is 9. The van der Waals surface area contributed by atoms with Crippen molar-refractivity contribution in [3.05, 3.63) is 117 Å². The summed E-state index contributed by atoms with van der Waals surface area (Å²) in [5.41, 5.74) is 0.523. The zero-order chi connectivity index (χ0) is 34.5. The maximum Gasteiger partial charge on any atom is 0.338 e. The number of hydrogen-bond donors (Lipinski definition) is 1. The summed E-state index contributed by atoms with van der Waals surface area (Å²) in [6.45, 7) is 3.43. The Bertz CT molecular complexity index is 1760. The Morgan fingerprint density at radius 1 is 0.787 bits per heavy atom. The lowest BCUT2D eigenvalue weighted by atomic mass is 10.1. The molecular formula is C32H28Cl2F2N4O7. The standard InChI is InChI=1S/C17H16ClFN2O4.C15H12ClFN2O3/c1-3-25-17(23)11-7-12(19)9-13(8-11)21(10-24-2)16(22)14-5-4-6-20-15(14)18;1-2-22-15(21)9-6-10(17)8-11(7-9)19-14(20)12-4-3-5-18-13(12)16/h4-9H,3,10H2,1-2H3;3-8H,2H2,1H3,(H,19,20). The number of ether oxygens (including phenoxy) is 3. The van der Waals surface area contributed by atoms with Crippen LogP contribution >= 0.6 is 23.2 Å². The van der Waals surface area contributed by atoms with Crippen molar-refractivity contribution in [2.24, 2.45) is 0 Å². The first-order valence-electron chi connectivity index (χ1n) is 13.8. The quantitative estimate of drug-likeness (QED) is 0.111. The van der Waals surface area contributed by atoms with Gasteiger partial charge in [-0.25, -0.2) is 28.3 Å². The number of pyridine rings is 2. The topological polar surface area (TPSA) is 137 Å². The number of amides is 2. The molecule has 0 saturated carbocycles. The van der Waals surface area contributed by atoms with E-state index in [9.17, 15) is 28.0 Å². The van der Waals surface area contributed by atoms with Crippen LogP contribution in [0.5, 0.6) is 0 Å². The molecule has 0 aliphatic carbocycles. The van der Waals surface area contributed by atoms with Crippen molar-refractivity contribution in [1.82, 2.24) is 9.97 Å². The predicted octanol–water partition coefficient (Wildman–Crippen LogP) is 6.60. The molecule has 47 heavy (non-hydrogen) atoms. The Hall–Kier alpha value is -4.98. The van der Waals surface area contributed by atoms with Gasteiger partial charge in [-0.3, -0.25) is 14.5 Å². The van der Waals surface area contributed by atoms with Crippen LogP contribution in [-0.4, -0.2) is 60.8 Å². The molecule has 2 aromatic carbocycles. The second kappa shape index (κ2) is 17.6. The van der Waals surface area contributed by atoms with E-state index in [1.54, 1.807) is 26.0 Å². The number of benzene rings is 2. The number of methoxy groups -OCH3 is 1. The maximum absolute atomic E-state index is 13.9. The summed E-state index contributed by atoms with van der Waals surface area (Å²) in [7, 11) is 1.39. The third-order valence-corrected chi connectivity index (χ3v) is 6.47. The number of carbonyl (C=O) groups is 4. The molecule has 246 valence electrons. The summed E-state index contributed by atoms with van der Waals surface area (Å²) >= 11 is 11.8. The van der Waals surface area contributed by atoms with Crippen LogP contribution in [0.2, 0.25) is 10.3 Å². The van der Waals surface area contributed by atoms with Gasteiger partial charge in [0.05, 0.1) is 41.2 Å². The highest BCUT2D eigenvalue weighted by Gasteiger charge is 2.23. The van der Waals surface area contributed by atoms with E-state index in [1.807, 2.05) is 0 Å². The largest absolute Gasteiger partial charge is 0.462 e. The Morgan fingerprint density at radius 2 is 1.32 bits per heavy atom. The summed E-state index contributed by atoms with van der Waals surface area (Å²) < 4.78 is 42.2. The molecule has 1 N–H and O–H groups in total. The second-order valence-corrected chi connectivity index (χ2v) is 9.87. The number of anilines is 2. The lowest BCUT2D eigenvalue weighted by Gasteiger charge is -2.22. The predicted molar refractivity (Wildman–Crippen MR) is 170 cm³/mol. The van der Waals surface area contributed by atoms with Gasteiger partial charge in [0.1, 0.15) is 28.7 Å². The highest BCUT2D eigenvalue weighted by atomic mass is 35.5. The molecule has 2 aromatic heterocycles. The fourth-order valence-corrected chi connectivity index (χ4v) is 4.29. The highest BCUT2D eigenvalue weighted by Crippen LogP contribution is 2.24. The van der Waals surface area contributed by atoms with E-state index in [-0.39, 0.29) is 63.9 Å². The van der Waals surface area contributed by atoms with E-state index in [4.69, 9.17) is 37.4 Å². The minimum atomic E-state index is -0.688. The van der Waals surface area contributed by atoms with Crippen LogP contribution in [0.1, 0.15) is 55.3 Å². The molecule has 0 bridgehead atoms. The smallest absolute Gasteiger partial charge is 0.338 e. The number of aromatic nitrogens is 2. The van der Waals surface area contributed by atoms with Gasteiger partial charge in [-0.1, -0.05) is 23.2 Å². The molecule has 2 amide bonds. The van der Waals surface area contributed by atoms with Gasteiger partial charge in [-0.15, -0.1) is 0 Å². The lowest BCUT2D eigenvalue weighted by molar-refractivity contribution is 0.0516. The van der Waals surface area contributed by atoms with Crippen molar-refractivity contribution < 1.29 is 42.2 Å². The normalized spacial score (nSPS) is 10.3. The molecule has 0 atom stereocenters. The van der Waals surface area contributed by atoms with E-state index >= 15 is 0 Å². The summed E-state index contributed by atoms with van der Waals surface area (Å²) in [6.07, 6.45) is 2.89. The Kier molecular flexibility index (Phi) is 13.7. The lowest BCUT2D eigenvalue weighted by Crippen LogP contribution is -2.33. The van der Waals surface area contributed by atoms with E-state index < -0.39 is 35.4 Å². The fourth-order valence-electron chi connectivity index (χ4n) is 3.88. The van der Waals surface area contributed by atoms with Crippen molar-refractivity contribution in [3.8, 4) is 0 Å². The van der Waals surface area contributed by atoms with Gasteiger partial charge in [0.15, 0.2) is 0 Å². The van der Waals surface area contributed by atoms with Crippen LogP contribution in [-0.2, 0) is 14.2 Å². The number of carbonyl (C=O) groups excluding carboxylic acids is 4. The van der Waals surface area contributed by atoms with Crippen molar-refractivity contribution in [1.29, 1.82) is 0 Å². The van der Waals surface area contributed by atoms with Crippen LogP contribution in [0, 0.1) is 11.6 Å². The summed E-state index contributed by atoms with van der Waals surface area (Å²) in [5, 5.41) is 2.51. The van der Waals surface area contributed by atoms with E-state index in [0.29, 0.717) is 0 Å². The molecule has 0 fully saturated rings. The third-order valence-electron chi connectivity index (χ3n) is 5.87. The van der Waals surface area contributed by atoms with E-state index in [0.717, 1.165) is 29.2 Å². The zero-order valence-electron chi connectivity index (χ0n) is 25.3. The molecule has 2 heterocycles. The van der Waals surface area contributed by atoms with Crippen molar-refractivity contribution in [2.45, 2.75) is 13.8 Å². The van der Waals surface area contributed by atoms with Gasteiger partial charge >= 0.3 is 11.9 Å². The first-order chi connectivity index (χ1) is 22.5. The Balaban J connectivity index is 0.000000257. The molecule has 0 spiro atoms. The van der Waals surface area contributed by atoms with Gasteiger partial charge in [-0.2, -0.15) is 0 Å². The van der Waals surface area contributed by atoms with Crippen LogP contribution in [0.15, 0.2) is 73.1 Å². The summed E-state index contributed by atoms with van der Waals surface area (Å²) in [4.78, 5) is 57.1. The average molecular weight is 689 g/mol. The van der Waals surface area contributed by atoms with Gasteiger partial charge in [0.2, 0.25) is 0 Å². The number of nitrogens with one attached hydrogen (secondary N) is 1. The Morgan fingerprint density at radius 3 is 1.85 bits per heavy atom. The maximum atomic E-state index is 13.9. The monoisotopic (exact) mass is 688 g/mol. The minimum Gasteiger partial charge on any atom is -0.462 e. The minimum absolute atomic E-state index is 0.00873. The zero-order valence-corrected chi connectivity index (χ0v) is 26.8. The molecule has 0 radical (unpaired) electrons. The Labute approximate surface area is 278 Å². The van der Waals surface area contributed by atoms with Crippen molar-refractivity contribution >= 4 is 58.3 Å². The molecule has 11 nitrogen and oxygen atoms in total. The SMILES string of the molecule is CCOC(=O)c1cc(F)cc(N(COC)C(=O)c2cccnc2Cl)c1.CCOC(=O)c1cc(F)cc(NC(=O)c2cccnc2Cl)c1. The van der Waals surface area contributed by atoms with Gasteiger partial charge < -0.3 is 19.5 Å². The molecule has 0 aliphatic heterocycles. The molecule has 0 unspecified atom stereocenters. The molecule has 0 saturated heterocycles. The van der Waals surface area contributed by atoms with Gasteiger partial charge in [0.25, 0.3) is 11.8 Å². The van der Waals surface area contributed by atoms with E-state index in [2.05, 4.69) is 15.3 Å². The van der Waals surface area contributed by atoms with Gasteiger partial charge in [0, 0.05) is 25.2 Å². The number of esters is 2. The summed E-state index contributed by atoms with van der Waals surface area (Å²) in [5.74, 6) is -3.81. The van der Waals surface area contributed by atoms with Crippen LogP contribution in [0.25, 0.3) is 0 Å². The van der Waals surface area contributed by atoms with Crippen molar-refractivity contribution in [3.63, 3.8) is 0 Å². The van der Waals surface area contributed by atoms with Crippen molar-refractivity contribution in [2.75, 3.05) is 37.3 Å². The molecule has 4 rings (SSSR count). The van der Waals surface area contributed by atoms with Crippen LogP contribution < -0.4 is 10.2 Å². The fraction of sp³-hybridized carbons (Fsp3) is 0.188. The van der Waals surface area contributed by atoms with Crippen LogP contribution in [0.4, 0.5) is 20.2 Å². The number of nitrogens with zero attached hydrogens (tertiary/aromatic N) is 3. The number of rotatable bonds is 10. The molecule has 15 heteroatoms. The van der Waals surface area contributed by atoms with E-state index in [1.165, 1.54) is 43.8 Å². The average Bonchev–Trinajstić information content (AvgIpc) is 3.03. The summed E-state index contributed by atoms with van der Waals surface area (Å²) in [6, 6.07) is 13.0. The molecular weight excluding hydrogens is 661 g/mol. The van der Waals surface area contributed by atoms with Crippen LogP contribution in [0.3, 0.4) is 0 Å². The second-order valence-electron chi connectivity index (χ2n) is 9.16. The highest BCUT2D eigenvalue weighted by molar-refractivity contribution is 6.33.